The third kappa shape index (κ3) is 6.42. The summed E-state index contributed by atoms with van der Waals surface area (Å²) in [4.78, 5) is 24.0. The number of rotatable bonds is 10. The van der Waals surface area contributed by atoms with Crippen molar-refractivity contribution in [1.29, 1.82) is 0 Å². The Morgan fingerprint density at radius 3 is 2.42 bits per heavy atom. The van der Waals surface area contributed by atoms with Crippen molar-refractivity contribution < 1.29 is 14.3 Å². The normalized spacial score (nSPS) is 10.6. The van der Waals surface area contributed by atoms with Crippen LogP contribution in [0.15, 0.2) is 59.8 Å². The van der Waals surface area contributed by atoms with Gasteiger partial charge in [0.15, 0.2) is 5.16 Å². The molecule has 0 bridgehead atoms. The van der Waals surface area contributed by atoms with E-state index in [4.69, 9.17) is 4.74 Å². The summed E-state index contributed by atoms with van der Waals surface area (Å²) in [5, 5.41) is 12.2. The standard InChI is InChI=1S/C23H26N4O3S/c1-3-27-20(15-10-17-8-6-5-7-9-17)25-26-23(27)31-16-21(28)24-19-13-11-18(12-14-19)22(29)30-4-2/h5-9,11-14H,3-4,10,15-16H2,1-2H3,(H,24,28). The minimum absolute atomic E-state index is 0.148. The van der Waals surface area contributed by atoms with Crippen molar-refractivity contribution in [2.24, 2.45) is 0 Å². The zero-order chi connectivity index (χ0) is 22.1. The lowest BCUT2D eigenvalue weighted by atomic mass is 10.1. The monoisotopic (exact) mass is 438 g/mol. The number of anilines is 1. The summed E-state index contributed by atoms with van der Waals surface area (Å²) in [7, 11) is 0. The van der Waals surface area contributed by atoms with Crippen molar-refractivity contribution in [3.05, 3.63) is 71.5 Å². The molecule has 0 spiro atoms. The van der Waals surface area contributed by atoms with E-state index >= 15 is 0 Å². The van der Waals surface area contributed by atoms with Gasteiger partial charge < -0.3 is 14.6 Å². The summed E-state index contributed by atoms with van der Waals surface area (Å²) >= 11 is 1.36. The smallest absolute Gasteiger partial charge is 0.338 e. The number of benzene rings is 2. The molecular weight excluding hydrogens is 412 g/mol. The first kappa shape index (κ1) is 22.6. The highest BCUT2D eigenvalue weighted by atomic mass is 32.2. The number of ether oxygens (including phenoxy) is 1. The number of carbonyl (C=O) groups excluding carboxylic acids is 2. The molecule has 0 radical (unpaired) electrons. The van der Waals surface area contributed by atoms with Crippen LogP contribution in [-0.4, -0.2) is 39.0 Å². The van der Waals surface area contributed by atoms with E-state index in [-0.39, 0.29) is 17.6 Å². The largest absolute Gasteiger partial charge is 0.462 e. The van der Waals surface area contributed by atoms with Crippen LogP contribution in [0.3, 0.4) is 0 Å². The number of carbonyl (C=O) groups is 2. The van der Waals surface area contributed by atoms with Gasteiger partial charge in [-0.1, -0.05) is 42.1 Å². The Kier molecular flexibility index (Phi) is 8.23. The number of hydrogen-bond donors (Lipinski definition) is 1. The van der Waals surface area contributed by atoms with Gasteiger partial charge in [-0.2, -0.15) is 0 Å². The molecule has 0 atom stereocenters. The molecule has 0 aliphatic heterocycles. The first-order valence-corrected chi connectivity index (χ1v) is 11.2. The van der Waals surface area contributed by atoms with Gasteiger partial charge in [-0.05, 0) is 50.1 Å². The van der Waals surface area contributed by atoms with E-state index in [1.807, 2.05) is 25.1 Å². The van der Waals surface area contributed by atoms with Gasteiger partial charge in [0, 0.05) is 18.7 Å². The number of nitrogens with one attached hydrogen (secondary N) is 1. The van der Waals surface area contributed by atoms with Crippen LogP contribution in [-0.2, 0) is 28.9 Å². The maximum Gasteiger partial charge on any atom is 0.338 e. The van der Waals surface area contributed by atoms with E-state index in [0.29, 0.717) is 17.9 Å². The lowest BCUT2D eigenvalue weighted by Crippen LogP contribution is -2.15. The highest BCUT2D eigenvalue weighted by Gasteiger charge is 2.14. The molecule has 0 saturated heterocycles. The molecular formula is C23H26N4O3S. The van der Waals surface area contributed by atoms with E-state index in [0.717, 1.165) is 30.4 Å². The van der Waals surface area contributed by atoms with Crippen LogP contribution in [0.4, 0.5) is 5.69 Å². The molecule has 1 aromatic heterocycles. The van der Waals surface area contributed by atoms with E-state index in [1.54, 1.807) is 31.2 Å². The number of nitrogens with zero attached hydrogens (tertiary/aromatic N) is 3. The summed E-state index contributed by atoms with van der Waals surface area (Å²) in [6.07, 6.45) is 1.69. The Morgan fingerprint density at radius 1 is 1.00 bits per heavy atom. The summed E-state index contributed by atoms with van der Waals surface area (Å²) < 4.78 is 7.01. The van der Waals surface area contributed by atoms with Crippen molar-refractivity contribution >= 4 is 29.3 Å². The van der Waals surface area contributed by atoms with Gasteiger partial charge in [-0.3, -0.25) is 4.79 Å². The average Bonchev–Trinajstić information content (AvgIpc) is 3.19. The van der Waals surface area contributed by atoms with E-state index in [2.05, 4.69) is 32.2 Å². The van der Waals surface area contributed by atoms with Crippen LogP contribution >= 0.6 is 11.8 Å². The molecule has 0 saturated carbocycles. The van der Waals surface area contributed by atoms with Gasteiger partial charge in [0.1, 0.15) is 5.82 Å². The second-order valence-corrected chi connectivity index (χ2v) is 7.71. The number of thioether (sulfide) groups is 1. The first-order chi connectivity index (χ1) is 15.1. The molecule has 0 aliphatic rings. The van der Waals surface area contributed by atoms with Gasteiger partial charge in [0.05, 0.1) is 17.9 Å². The van der Waals surface area contributed by atoms with Gasteiger partial charge in [0.25, 0.3) is 0 Å². The summed E-state index contributed by atoms with van der Waals surface area (Å²) in [6, 6.07) is 16.9. The van der Waals surface area contributed by atoms with Gasteiger partial charge in [0.2, 0.25) is 5.91 Å². The Balaban J connectivity index is 1.53. The van der Waals surface area contributed by atoms with Crippen LogP contribution in [0.2, 0.25) is 0 Å². The second kappa shape index (κ2) is 11.3. The predicted molar refractivity (Wildman–Crippen MR) is 121 cm³/mol. The number of amides is 1. The molecule has 8 heteroatoms. The SMILES string of the molecule is CCOC(=O)c1ccc(NC(=O)CSc2nnc(CCc3ccccc3)n2CC)cc1. The number of aromatic nitrogens is 3. The fourth-order valence-electron chi connectivity index (χ4n) is 3.06. The molecule has 0 unspecified atom stereocenters. The molecule has 2 aromatic carbocycles. The van der Waals surface area contributed by atoms with Crippen LogP contribution in [0.1, 0.15) is 35.6 Å². The topological polar surface area (TPSA) is 86.1 Å². The fourth-order valence-corrected chi connectivity index (χ4v) is 3.88. The van der Waals surface area contributed by atoms with E-state index < -0.39 is 0 Å². The minimum Gasteiger partial charge on any atom is -0.462 e. The Labute approximate surface area is 186 Å². The molecule has 162 valence electrons. The van der Waals surface area contributed by atoms with Crippen LogP contribution in [0, 0.1) is 0 Å². The summed E-state index contributed by atoms with van der Waals surface area (Å²) in [6.45, 7) is 4.88. The third-order valence-electron chi connectivity index (χ3n) is 4.60. The highest BCUT2D eigenvalue weighted by molar-refractivity contribution is 7.99. The van der Waals surface area contributed by atoms with Crippen molar-refractivity contribution in [2.45, 2.75) is 38.4 Å². The quantitative estimate of drug-likeness (QED) is 0.380. The molecule has 0 fully saturated rings. The van der Waals surface area contributed by atoms with E-state index in [1.165, 1.54) is 17.3 Å². The fraction of sp³-hybridized carbons (Fsp3) is 0.304. The zero-order valence-electron chi connectivity index (χ0n) is 17.7. The minimum atomic E-state index is -0.377. The predicted octanol–water partition coefficient (Wildman–Crippen LogP) is 3.99. The third-order valence-corrected chi connectivity index (χ3v) is 5.57. The molecule has 1 heterocycles. The van der Waals surface area contributed by atoms with Crippen molar-refractivity contribution in [1.82, 2.24) is 14.8 Å². The van der Waals surface area contributed by atoms with Gasteiger partial charge in [-0.25, -0.2) is 4.79 Å². The van der Waals surface area contributed by atoms with E-state index in [9.17, 15) is 9.59 Å². The van der Waals surface area contributed by atoms with Crippen LogP contribution in [0.25, 0.3) is 0 Å². The zero-order valence-corrected chi connectivity index (χ0v) is 18.5. The van der Waals surface area contributed by atoms with Crippen molar-refractivity contribution in [3.63, 3.8) is 0 Å². The number of aryl methyl sites for hydroxylation is 2. The molecule has 3 rings (SSSR count). The molecule has 1 amide bonds. The molecule has 0 aliphatic carbocycles. The van der Waals surface area contributed by atoms with Gasteiger partial charge in [-0.15, -0.1) is 10.2 Å². The lowest BCUT2D eigenvalue weighted by Gasteiger charge is -2.08. The highest BCUT2D eigenvalue weighted by Crippen LogP contribution is 2.19. The van der Waals surface area contributed by atoms with Crippen LogP contribution < -0.4 is 5.32 Å². The first-order valence-electron chi connectivity index (χ1n) is 10.3. The molecule has 1 N–H and O–H groups in total. The van der Waals surface area contributed by atoms with Crippen LogP contribution in [0.5, 0.6) is 0 Å². The van der Waals surface area contributed by atoms with Gasteiger partial charge >= 0.3 is 5.97 Å². The Hall–Kier alpha value is -3.13. The lowest BCUT2D eigenvalue weighted by molar-refractivity contribution is -0.113. The summed E-state index contributed by atoms with van der Waals surface area (Å²) in [5.74, 6) is 0.614. The Bertz CT molecular complexity index is 1000. The summed E-state index contributed by atoms with van der Waals surface area (Å²) in [5.41, 5.74) is 2.34. The Morgan fingerprint density at radius 2 is 1.74 bits per heavy atom. The van der Waals surface area contributed by atoms with Crippen molar-refractivity contribution in [3.8, 4) is 0 Å². The van der Waals surface area contributed by atoms with Crippen molar-refractivity contribution in [2.75, 3.05) is 17.7 Å². The molecule has 7 nitrogen and oxygen atoms in total. The molecule has 3 aromatic rings. The maximum absolute atomic E-state index is 12.3. The maximum atomic E-state index is 12.3. The number of esters is 1. The average molecular weight is 439 g/mol. The molecule has 31 heavy (non-hydrogen) atoms. The number of hydrogen-bond acceptors (Lipinski definition) is 6. The second-order valence-electron chi connectivity index (χ2n) is 6.76.